The first-order valence-corrected chi connectivity index (χ1v) is 13.3. The molecule has 0 fully saturated rings. The summed E-state index contributed by atoms with van der Waals surface area (Å²) in [6, 6.07) is 6.39. The molecule has 2 aliphatic rings. The number of alkyl halides is 3. The van der Waals surface area contributed by atoms with Gasteiger partial charge in [0, 0.05) is 11.3 Å². The zero-order chi connectivity index (χ0) is 26.5. The van der Waals surface area contributed by atoms with Gasteiger partial charge in [-0.2, -0.15) is 23.5 Å². The van der Waals surface area contributed by atoms with E-state index >= 15 is 0 Å². The number of carbonyl (C=O) groups excluding carboxylic acids is 1. The van der Waals surface area contributed by atoms with E-state index in [9.17, 15) is 23.2 Å². The van der Waals surface area contributed by atoms with Crippen LogP contribution in [0.1, 0.15) is 63.9 Å². The number of methoxy groups -OCH3 is 1. The van der Waals surface area contributed by atoms with Crippen molar-refractivity contribution in [3.63, 3.8) is 0 Å². The van der Waals surface area contributed by atoms with Gasteiger partial charge >= 0.3 is 6.18 Å². The Hall–Kier alpha value is -3.04. The van der Waals surface area contributed by atoms with Crippen LogP contribution in [0.2, 0.25) is 0 Å². The molecule has 0 radical (unpaired) electrons. The highest BCUT2D eigenvalue weighted by Crippen LogP contribution is 2.47. The number of nitrogens with zero attached hydrogens (tertiary/aromatic N) is 3. The van der Waals surface area contributed by atoms with Gasteiger partial charge in [0.15, 0.2) is 11.7 Å². The summed E-state index contributed by atoms with van der Waals surface area (Å²) in [7, 11) is 1.52. The van der Waals surface area contributed by atoms with E-state index in [1.54, 1.807) is 24.3 Å². The Morgan fingerprint density at radius 3 is 2.73 bits per heavy atom. The van der Waals surface area contributed by atoms with Crippen LogP contribution in [-0.2, 0) is 12.8 Å². The first-order chi connectivity index (χ1) is 17.6. The van der Waals surface area contributed by atoms with Gasteiger partial charge in [-0.3, -0.25) is 4.79 Å². The number of rotatable bonds is 4. The Balaban J connectivity index is 1.47. The van der Waals surface area contributed by atoms with Crippen LogP contribution in [0.5, 0.6) is 5.75 Å². The second kappa shape index (κ2) is 9.68. The fraction of sp³-hybridized carbons (Fsp3) is 0.400. The molecule has 12 heteroatoms. The highest BCUT2D eigenvalue weighted by Gasteiger charge is 2.48. The minimum absolute atomic E-state index is 0.0688. The lowest BCUT2D eigenvalue weighted by Gasteiger charge is -2.33. The molecule has 0 bridgehead atoms. The molecule has 0 spiro atoms. The first kappa shape index (κ1) is 25.6. The number of aromatic nitrogens is 2. The van der Waals surface area contributed by atoms with Crippen LogP contribution in [-0.4, -0.2) is 29.0 Å². The molecule has 7 nitrogen and oxygen atoms in total. The van der Waals surface area contributed by atoms with E-state index in [2.05, 4.69) is 44.7 Å². The zero-order valence-electron chi connectivity index (χ0n) is 19.9. The molecule has 1 aliphatic heterocycles. The van der Waals surface area contributed by atoms with Gasteiger partial charge in [-0.1, -0.05) is 19.1 Å². The summed E-state index contributed by atoms with van der Waals surface area (Å²) in [4.78, 5) is 14.3. The van der Waals surface area contributed by atoms with Crippen LogP contribution >= 0.6 is 27.3 Å². The maximum absolute atomic E-state index is 14.1. The van der Waals surface area contributed by atoms with E-state index in [1.165, 1.54) is 18.4 Å². The molecule has 2 aromatic heterocycles. The topological polar surface area (TPSA) is 92.0 Å². The molecular formula is C25H23BrF3N5O2S. The van der Waals surface area contributed by atoms with E-state index in [0.717, 1.165) is 34.4 Å². The molecule has 3 heterocycles. The average molecular weight is 594 g/mol. The first-order valence-electron chi connectivity index (χ1n) is 11.7. The number of nitriles is 1. The number of amides is 1. The molecular weight excluding hydrogens is 571 g/mol. The maximum atomic E-state index is 14.1. The smallest absolute Gasteiger partial charge is 0.410 e. The second-order valence-corrected chi connectivity index (χ2v) is 11.2. The summed E-state index contributed by atoms with van der Waals surface area (Å²) in [6.45, 7) is 2.14. The van der Waals surface area contributed by atoms with Gasteiger partial charge in [-0.15, -0.1) is 11.3 Å². The molecule has 37 heavy (non-hydrogen) atoms. The highest BCUT2D eigenvalue weighted by molar-refractivity contribution is 9.10. The van der Waals surface area contributed by atoms with Crippen LogP contribution in [0, 0.1) is 17.2 Å². The van der Waals surface area contributed by atoms with Crippen molar-refractivity contribution in [3.8, 4) is 11.8 Å². The molecule has 0 saturated heterocycles. The molecule has 3 atom stereocenters. The van der Waals surface area contributed by atoms with Gasteiger partial charge < -0.3 is 15.4 Å². The maximum Gasteiger partial charge on any atom is 0.410 e. The summed E-state index contributed by atoms with van der Waals surface area (Å²) in [5.74, 6) is 0.470. The van der Waals surface area contributed by atoms with Crippen LogP contribution in [0.4, 0.5) is 24.0 Å². The zero-order valence-corrected chi connectivity index (χ0v) is 22.4. The summed E-state index contributed by atoms with van der Waals surface area (Å²) in [6.07, 6.45) is -2.33. The van der Waals surface area contributed by atoms with Crippen molar-refractivity contribution in [3.05, 3.63) is 56.0 Å². The number of thiophene rings is 1. The van der Waals surface area contributed by atoms with Crippen LogP contribution in [0.15, 0.2) is 28.7 Å². The van der Waals surface area contributed by atoms with Crippen molar-refractivity contribution < 1.29 is 22.7 Å². The average Bonchev–Trinajstić information content (AvgIpc) is 3.39. The van der Waals surface area contributed by atoms with Crippen molar-refractivity contribution >= 4 is 44.0 Å². The minimum Gasteiger partial charge on any atom is -0.497 e. The molecule has 1 aliphatic carbocycles. The summed E-state index contributed by atoms with van der Waals surface area (Å²) >= 11 is 4.66. The summed E-state index contributed by atoms with van der Waals surface area (Å²) < 4.78 is 48.5. The lowest BCUT2D eigenvalue weighted by atomic mass is 9.89. The molecule has 1 amide bonds. The lowest BCUT2D eigenvalue weighted by Crippen LogP contribution is -2.35. The Kier molecular flexibility index (Phi) is 6.70. The third kappa shape index (κ3) is 4.70. The number of fused-ring (bicyclic) bond motifs is 2. The van der Waals surface area contributed by atoms with E-state index < -0.39 is 24.2 Å². The van der Waals surface area contributed by atoms with E-state index in [4.69, 9.17) is 4.74 Å². The fourth-order valence-electron chi connectivity index (χ4n) is 4.91. The molecule has 194 valence electrons. The third-order valence-corrected chi connectivity index (χ3v) is 8.80. The second-order valence-electron chi connectivity index (χ2n) is 9.34. The summed E-state index contributed by atoms with van der Waals surface area (Å²) in [5.41, 5.74) is 1.84. The number of carbonyl (C=O) groups is 1. The monoisotopic (exact) mass is 593 g/mol. The summed E-state index contributed by atoms with van der Waals surface area (Å²) in [5, 5.41) is 20.1. The van der Waals surface area contributed by atoms with Crippen LogP contribution < -0.4 is 15.4 Å². The van der Waals surface area contributed by atoms with Crippen molar-refractivity contribution in [2.45, 2.75) is 50.9 Å². The predicted molar refractivity (Wildman–Crippen MR) is 137 cm³/mol. The Labute approximate surface area is 223 Å². The SMILES string of the molecule is COc1ccc([C@H]2C[C@@H](C(F)(F)F)n3nc(C(=O)Nc4sc5c(c4C#N)CC[C@@H](C)C5)c(Br)c3N2)cc1. The molecule has 0 saturated carbocycles. The minimum atomic E-state index is -4.59. The largest absolute Gasteiger partial charge is 0.497 e. The van der Waals surface area contributed by atoms with Crippen molar-refractivity contribution in [2.75, 3.05) is 17.7 Å². The molecule has 2 N–H and O–H groups in total. The Morgan fingerprint density at radius 2 is 2.08 bits per heavy atom. The normalized spacial score (nSPS) is 20.8. The fourth-order valence-corrected chi connectivity index (χ4v) is 6.82. The van der Waals surface area contributed by atoms with Gasteiger partial charge in [-0.25, -0.2) is 4.68 Å². The van der Waals surface area contributed by atoms with Crippen molar-refractivity contribution in [1.29, 1.82) is 5.26 Å². The number of nitrogens with one attached hydrogen (secondary N) is 2. The van der Waals surface area contributed by atoms with Crippen molar-refractivity contribution in [1.82, 2.24) is 9.78 Å². The third-order valence-electron chi connectivity index (χ3n) is 6.88. The van der Waals surface area contributed by atoms with Crippen LogP contribution in [0.3, 0.4) is 0 Å². The number of hydrogen-bond acceptors (Lipinski definition) is 6. The van der Waals surface area contributed by atoms with Gasteiger partial charge in [0.05, 0.1) is 23.2 Å². The van der Waals surface area contributed by atoms with Crippen molar-refractivity contribution in [2.24, 2.45) is 5.92 Å². The standard InChI is InChI=1S/C25H23BrF3N5O2S/c1-12-3-8-15-16(11-30)24(37-18(15)9-12)32-23(35)21-20(26)22-31-17(13-4-6-14(36-2)7-5-13)10-19(25(27,28)29)34(22)33-21/h4-7,12,17,19,31H,3,8-10H2,1-2H3,(H,32,35)/t12-,17-,19+/m1/s1. The number of anilines is 2. The van der Waals surface area contributed by atoms with E-state index in [0.29, 0.717) is 27.8 Å². The number of benzene rings is 1. The van der Waals surface area contributed by atoms with E-state index in [1.807, 2.05) is 0 Å². The molecule has 0 unspecified atom stereocenters. The predicted octanol–water partition coefficient (Wildman–Crippen LogP) is 6.62. The van der Waals surface area contributed by atoms with Gasteiger partial charge in [0.1, 0.15) is 22.6 Å². The molecule has 3 aromatic rings. The Bertz CT molecular complexity index is 1390. The highest BCUT2D eigenvalue weighted by atomic mass is 79.9. The van der Waals surface area contributed by atoms with Gasteiger partial charge in [0.2, 0.25) is 0 Å². The quantitative estimate of drug-likeness (QED) is 0.354. The van der Waals surface area contributed by atoms with Gasteiger partial charge in [-0.05, 0) is 64.4 Å². The lowest BCUT2D eigenvalue weighted by molar-refractivity contribution is -0.173. The van der Waals surface area contributed by atoms with Crippen LogP contribution in [0.25, 0.3) is 0 Å². The number of ether oxygens (including phenoxy) is 1. The van der Waals surface area contributed by atoms with E-state index in [-0.39, 0.29) is 22.4 Å². The molecule has 1 aromatic carbocycles. The molecule has 5 rings (SSSR count). The number of halogens is 4. The Morgan fingerprint density at radius 1 is 1.35 bits per heavy atom. The number of hydrogen-bond donors (Lipinski definition) is 2. The van der Waals surface area contributed by atoms with Gasteiger partial charge in [0.25, 0.3) is 5.91 Å².